The van der Waals surface area contributed by atoms with Crippen molar-refractivity contribution >= 4 is 26.6 Å². The van der Waals surface area contributed by atoms with Crippen LogP contribution in [0.3, 0.4) is 0 Å². The van der Waals surface area contributed by atoms with E-state index in [4.69, 9.17) is 5.73 Å². The van der Waals surface area contributed by atoms with Gasteiger partial charge in [0.2, 0.25) is 10.0 Å². The summed E-state index contributed by atoms with van der Waals surface area (Å²) in [5, 5.41) is 0.601. The Balaban J connectivity index is 2.23. The number of aryl methyl sites for hydroxylation is 1. The van der Waals surface area contributed by atoms with E-state index < -0.39 is 27.2 Å². The van der Waals surface area contributed by atoms with Gasteiger partial charge in [0.05, 0.1) is 11.3 Å². The first kappa shape index (κ1) is 16.2. The molecule has 0 fully saturated rings. The molecule has 0 spiro atoms. The number of hydrogen-bond donors (Lipinski definition) is 1. The lowest BCUT2D eigenvalue weighted by atomic mass is 10.1. The van der Waals surface area contributed by atoms with E-state index in [1.807, 2.05) is 0 Å². The highest BCUT2D eigenvalue weighted by Gasteiger charge is 2.20. The van der Waals surface area contributed by atoms with Gasteiger partial charge in [-0.05, 0) is 48.2 Å². The molecule has 0 radical (unpaired) electrons. The van der Waals surface area contributed by atoms with Gasteiger partial charge in [0.15, 0.2) is 0 Å². The molecule has 0 amide bonds. The second-order valence-electron chi connectivity index (χ2n) is 5.60. The van der Waals surface area contributed by atoms with Crippen LogP contribution in [0.2, 0.25) is 0 Å². The Hall–Kier alpha value is -2.67. The molecule has 0 aliphatic rings. The van der Waals surface area contributed by atoms with Crippen molar-refractivity contribution in [3.63, 3.8) is 0 Å². The summed E-state index contributed by atoms with van der Waals surface area (Å²) in [5.41, 5.74) is 6.42. The highest BCUT2D eigenvalue weighted by molar-refractivity contribution is 7.89. The van der Waals surface area contributed by atoms with Crippen molar-refractivity contribution in [3.8, 4) is 0 Å². The van der Waals surface area contributed by atoms with Crippen LogP contribution in [0, 0.1) is 12.7 Å². The lowest BCUT2D eigenvalue weighted by Crippen LogP contribution is -2.30. The SMILES string of the molecule is Cc1cc2ccc(N)cc2n(S(=O)(=O)Cc2ccc(F)cc2)c1=O. The third kappa shape index (κ3) is 2.90. The maximum atomic E-state index is 13.0. The van der Waals surface area contributed by atoms with Crippen molar-refractivity contribution in [2.45, 2.75) is 12.7 Å². The molecule has 1 heterocycles. The lowest BCUT2D eigenvalue weighted by Gasteiger charge is -2.13. The minimum Gasteiger partial charge on any atom is -0.399 e. The fourth-order valence-corrected chi connectivity index (χ4v) is 4.15. The largest absolute Gasteiger partial charge is 0.399 e. The van der Waals surface area contributed by atoms with Gasteiger partial charge < -0.3 is 5.73 Å². The van der Waals surface area contributed by atoms with Crippen LogP contribution >= 0.6 is 0 Å². The molecule has 0 saturated heterocycles. The average molecular weight is 346 g/mol. The second-order valence-corrected chi connectivity index (χ2v) is 7.42. The Morgan fingerprint density at radius 3 is 2.42 bits per heavy atom. The number of aromatic nitrogens is 1. The Bertz CT molecular complexity index is 1090. The van der Waals surface area contributed by atoms with Crippen molar-refractivity contribution in [2.24, 2.45) is 0 Å². The van der Waals surface area contributed by atoms with Crippen molar-refractivity contribution < 1.29 is 12.8 Å². The molecule has 0 aliphatic heterocycles. The summed E-state index contributed by atoms with van der Waals surface area (Å²) in [6.07, 6.45) is 0. The number of anilines is 1. The molecule has 3 rings (SSSR count). The van der Waals surface area contributed by atoms with E-state index in [9.17, 15) is 17.6 Å². The molecular formula is C17H15FN2O3S. The Labute approximate surface area is 138 Å². The molecule has 1 aromatic heterocycles. The van der Waals surface area contributed by atoms with Gasteiger partial charge in [0.25, 0.3) is 5.56 Å². The molecule has 0 atom stereocenters. The number of nitrogens with two attached hydrogens (primary N) is 1. The van der Waals surface area contributed by atoms with Crippen LogP contribution in [0.25, 0.3) is 10.9 Å². The zero-order valence-corrected chi connectivity index (χ0v) is 13.7. The van der Waals surface area contributed by atoms with Gasteiger partial charge >= 0.3 is 0 Å². The molecule has 2 aromatic carbocycles. The third-order valence-electron chi connectivity index (χ3n) is 3.71. The quantitative estimate of drug-likeness (QED) is 0.738. The van der Waals surface area contributed by atoms with E-state index in [2.05, 4.69) is 0 Å². The van der Waals surface area contributed by atoms with Crippen molar-refractivity contribution in [1.82, 2.24) is 3.97 Å². The zero-order valence-electron chi connectivity index (χ0n) is 12.9. The molecule has 7 heteroatoms. The summed E-state index contributed by atoms with van der Waals surface area (Å²) in [6, 6.07) is 11.5. The van der Waals surface area contributed by atoms with Crippen LogP contribution < -0.4 is 11.3 Å². The maximum absolute atomic E-state index is 13.0. The maximum Gasteiger partial charge on any atom is 0.267 e. The molecule has 124 valence electrons. The van der Waals surface area contributed by atoms with Gasteiger partial charge in [-0.15, -0.1) is 0 Å². The summed E-state index contributed by atoms with van der Waals surface area (Å²) >= 11 is 0. The lowest BCUT2D eigenvalue weighted by molar-refractivity contribution is 0.586. The summed E-state index contributed by atoms with van der Waals surface area (Å²) < 4.78 is 39.4. The Morgan fingerprint density at radius 1 is 1.08 bits per heavy atom. The minimum atomic E-state index is -4.00. The summed E-state index contributed by atoms with van der Waals surface area (Å²) in [6.45, 7) is 1.56. The fourth-order valence-electron chi connectivity index (χ4n) is 2.56. The Morgan fingerprint density at radius 2 is 1.75 bits per heavy atom. The molecule has 24 heavy (non-hydrogen) atoms. The van der Waals surface area contributed by atoms with Crippen LogP contribution in [-0.4, -0.2) is 12.4 Å². The first-order valence-corrected chi connectivity index (χ1v) is 8.78. The topological polar surface area (TPSA) is 82.2 Å². The van der Waals surface area contributed by atoms with E-state index in [-0.39, 0.29) is 5.52 Å². The summed E-state index contributed by atoms with van der Waals surface area (Å²) in [5.74, 6) is -0.873. The first-order valence-electron chi connectivity index (χ1n) is 7.17. The van der Waals surface area contributed by atoms with Crippen LogP contribution in [-0.2, 0) is 15.8 Å². The van der Waals surface area contributed by atoms with Gasteiger partial charge in [-0.25, -0.2) is 16.8 Å². The predicted molar refractivity (Wildman–Crippen MR) is 91.8 cm³/mol. The first-order chi connectivity index (χ1) is 11.3. The summed E-state index contributed by atoms with van der Waals surface area (Å²) in [7, 11) is -4.00. The molecule has 0 bridgehead atoms. The van der Waals surface area contributed by atoms with E-state index in [0.717, 1.165) is 3.97 Å². The number of nitrogens with zero attached hydrogens (tertiary/aromatic N) is 1. The summed E-state index contributed by atoms with van der Waals surface area (Å²) in [4.78, 5) is 12.5. The number of rotatable bonds is 3. The van der Waals surface area contributed by atoms with Crippen LogP contribution in [0.5, 0.6) is 0 Å². The van der Waals surface area contributed by atoms with Crippen LogP contribution in [0.15, 0.2) is 53.3 Å². The van der Waals surface area contributed by atoms with Gasteiger partial charge in [-0.2, -0.15) is 0 Å². The number of fused-ring (bicyclic) bond motifs is 1. The van der Waals surface area contributed by atoms with Gasteiger partial charge in [0.1, 0.15) is 5.82 Å². The number of hydrogen-bond acceptors (Lipinski definition) is 4. The predicted octanol–water partition coefficient (Wildman–Crippen LogP) is 2.41. The highest BCUT2D eigenvalue weighted by Crippen LogP contribution is 2.20. The fraction of sp³-hybridized carbons (Fsp3) is 0.118. The molecule has 0 aliphatic carbocycles. The van der Waals surface area contributed by atoms with Crippen molar-refractivity contribution in [2.75, 3.05) is 5.73 Å². The standard InChI is InChI=1S/C17H15FN2O3S/c1-11-8-13-4-7-15(19)9-16(13)20(17(11)21)24(22,23)10-12-2-5-14(18)6-3-12/h2-9H,10,19H2,1H3. The molecule has 2 N–H and O–H groups in total. The van der Waals surface area contributed by atoms with Gasteiger partial charge in [-0.3, -0.25) is 4.79 Å². The van der Waals surface area contributed by atoms with E-state index in [1.165, 1.54) is 30.3 Å². The number of pyridine rings is 1. The molecule has 3 aromatic rings. The Kier molecular flexibility index (Phi) is 3.88. The monoisotopic (exact) mass is 346 g/mol. The normalized spacial score (nSPS) is 11.8. The number of benzene rings is 2. The second kappa shape index (κ2) is 5.76. The minimum absolute atomic E-state index is 0.229. The molecule has 0 unspecified atom stereocenters. The van der Waals surface area contributed by atoms with Crippen molar-refractivity contribution in [3.05, 3.63) is 75.8 Å². The van der Waals surface area contributed by atoms with Crippen molar-refractivity contribution in [1.29, 1.82) is 0 Å². The number of nitrogen functional groups attached to an aromatic ring is 1. The van der Waals surface area contributed by atoms with Crippen LogP contribution in [0.4, 0.5) is 10.1 Å². The smallest absolute Gasteiger partial charge is 0.267 e. The van der Waals surface area contributed by atoms with E-state index in [0.29, 0.717) is 22.2 Å². The third-order valence-corrected chi connectivity index (χ3v) is 5.32. The number of halogens is 1. The highest BCUT2D eigenvalue weighted by atomic mass is 32.2. The zero-order chi connectivity index (χ0) is 17.5. The molecular weight excluding hydrogens is 331 g/mol. The molecule has 0 saturated carbocycles. The van der Waals surface area contributed by atoms with E-state index >= 15 is 0 Å². The molecule has 5 nitrogen and oxygen atoms in total. The van der Waals surface area contributed by atoms with Gasteiger partial charge in [0, 0.05) is 11.3 Å². The average Bonchev–Trinajstić information content (AvgIpc) is 2.51. The van der Waals surface area contributed by atoms with Gasteiger partial charge in [-0.1, -0.05) is 18.2 Å². The van der Waals surface area contributed by atoms with E-state index in [1.54, 1.807) is 25.1 Å². The van der Waals surface area contributed by atoms with Crippen LogP contribution in [0.1, 0.15) is 11.1 Å².